The van der Waals surface area contributed by atoms with Gasteiger partial charge in [0.2, 0.25) is 0 Å². The Kier molecular flexibility index (Phi) is 7.99. The Balaban J connectivity index is 0. The van der Waals surface area contributed by atoms with Crippen molar-refractivity contribution >= 4 is 14.6 Å². The molecule has 6 nitrogen and oxygen atoms in total. The van der Waals surface area contributed by atoms with Gasteiger partial charge in [-0.15, -0.1) is 0 Å². The summed E-state index contributed by atoms with van der Waals surface area (Å²) in [6.07, 6.45) is 1.62. The molecule has 0 atom stereocenters. The van der Waals surface area contributed by atoms with Gasteiger partial charge in [0.15, 0.2) is 0 Å². The van der Waals surface area contributed by atoms with E-state index >= 15 is 0 Å². The minimum absolute atomic E-state index is 0.0576. The number of hydrogen-bond donors (Lipinski definition) is 6. The van der Waals surface area contributed by atoms with E-state index in [0.717, 1.165) is 0 Å². The summed E-state index contributed by atoms with van der Waals surface area (Å²) in [5, 5.41) is 0. The predicted molar refractivity (Wildman–Crippen MR) is 78.6 cm³/mol. The maximum atomic E-state index is 9.22. The van der Waals surface area contributed by atoms with Crippen LogP contribution in [0.15, 0.2) is 0 Å². The van der Waals surface area contributed by atoms with E-state index in [2.05, 4.69) is 0 Å². The first-order chi connectivity index (χ1) is 7.78. The topological polar surface area (TPSA) is 121 Å². The maximum absolute atomic E-state index is 9.22. The zero-order valence-electron chi connectivity index (χ0n) is 11.8. The Bertz CT molecular complexity index is 222. The first kappa shape index (κ1) is 20.9. The van der Waals surface area contributed by atoms with Gasteiger partial charge in [-0.2, -0.15) is 0 Å². The SMILES string of the molecule is CCCP(O)(O)(O)CCC.CCP(O)(O)(O)CC. The van der Waals surface area contributed by atoms with E-state index in [1.165, 1.54) is 0 Å². The Morgan fingerprint density at radius 1 is 0.556 bits per heavy atom. The number of rotatable bonds is 6. The molecule has 8 heteroatoms. The summed E-state index contributed by atoms with van der Waals surface area (Å²) in [5.74, 6) is 0. The van der Waals surface area contributed by atoms with E-state index in [9.17, 15) is 14.7 Å². The second-order valence-electron chi connectivity index (χ2n) is 4.76. The molecule has 0 aromatic rings. The molecule has 0 aliphatic heterocycles. The minimum atomic E-state index is -4.16. The molecule has 0 saturated carbocycles. The molecular formula is C10H30O6P2. The van der Waals surface area contributed by atoms with Crippen molar-refractivity contribution in [3.63, 3.8) is 0 Å². The molecule has 0 aromatic carbocycles. The molecular weight excluding hydrogens is 278 g/mol. The van der Waals surface area contributed by atoms with Crippen LogP contribution in [0.25, 0.3) is 0 Å². The van der Waals surface area contributed by atoms with Gasteiger partial charge >= 0.3 is 109 Å². The van der Waals surface area contributed by atoms with Crippen molar-refractivity contribution in [1.82, 2.24) is 0 Å². The van der Waals surface area contributed by atoms with Crippen molar-refractivity contribution < 1.29 is 29.4 Å². The van der Waals surface area contributed by atoms with Crippen LogP contribution < -0.4 is 0 Å². The molecule has 0 amide bonds. The molecule has 0 unspecified atom stereocenters. The molecule has 0 aromatic heterocycles. The molecule has 0 saturated heterocycles. The molecule has 6 N–H and O–H groups in total. The van der Waals surface area contributed by atoms with E-state index < -0.39 is 14.6 Å². The van der Waals surface area contributed by atoms with Crippen LogP contribution in [0, 0.1) is 0 Å². The third-order valence-electron chi connectivity index (χ3n) is 2.66. The molecule has 18 heavy (non-hydrogen) atoms. The Morgan fingerprint density at radius 3 is 0.944 bits per heavy atom. The van der Waals surface area contributed by atoms with Crippen LogP contribution in [0.5, 0.6) is 0 Å². The average molecular weight is 308 g/mol. The summed E-state index contributed by atoms with van der Waals surface area (Å²) in [7, 11) is -8.26. The molecule has 0 spiro atoms. The van der Waals surface area contributed by atoms with Gasteiger partial charge < -0.3 is 0 Å². The van der Waals surface area contributed by atoms with E-state index in [1.807, 2.05) is 13.8 Å². The van der Waals surface area contributed by atoms with Gasteiger partial charge in [-0.1, -0.05) is 0 Å². The van der Waals surface area contributed by atoms with Gasteiger partial charge in [-0.05, 0) is 0 Å². The Hall–Kier alpha value is 0.620. The van der Waals surface area contributed by atoms with Crippen LogP contribution in [0.3, 0.4) is 0 Å². The fraction of sp³-hybridized carbons (Fsp3) is 1.00. The average Bonchev–Trinajstić information content (AvgIpc) is 2.17. The van der Waals surface area contributed by atoms with Crippen molar-refractivity contribution in [2.75, 3.05) is 24.6 Å². The molecule has 0 bridgehead atoms. The summed E-state index contributed by atoms with van der Waals surface area (Å²) in [6.45, 7) is 6.75. The normalized spacial score (nSPS) is 16.8. The van der Waals surface area contributed by atoms with Crippen molar-refractivity contribution in [2.24, 2.45) is 0 Å². The second-order valence-corrected chi connectivity index (χ2v) is 12.3. The van der Waals surface area contributed by atoms with Crippen LogP contribution in [0.1, 0.15) is 40.5 Å². The first-order valence-corrected chi connectivity index (χ1v) is 11.2. The van der Waals surface area contributed by atoms with Crippen LogP contribution in [-0.2, 0) is 0 Å². The molecule has 0 fully saturated rings. The summed E-state index contributed by atoms with van der Waals surface area (Å²) < 4.78 is 0. The van der Waals surface area contributed by atoms with E-state index in [0.29, 0.717) is 12.8 Å². The van der Waals surface area contributed by atoms with Crippen molar-refractivity contribution in [3.05, 3.63) is 0 Å². The van der Waals surface area contributed by atoms with E-state index in [1.54, 1.807) is 13.8 Å². The summed E-state index contributed by atoms with van der Waals surface area (Å²) in [5.41, 5.74) is 0. The third-order valence-corrected chi connectivity index (χ3v) is 7.98. The summed E-state index contributed by atoms with van der Waals surface area (Å²) in [6, 6.07) is 0. The molecule has 0 aliphatic rings. The third kappa shape index (κ3) is 11.7. The van der Waals surface area contributed by atoms with Gasteiger partial charge in [0.25, 0.3) is 0 Å². The van der Waals surface area contributed by atoms with Gasteiger partial charge in [0.1, 0.15) is 0 Å². The fourth-order valence-corrected chi connectivity index (χ4v) is 3.75. The van der Waals surface area contributed by atoms with Crippen molar-refractivity contribution in [1.29, 1.82) is 0 Å². The summed E-state index contributed by atoms with van der Waals surface area (Å²) >= 11 is 0. The first-order valence-electron chi connectivity index (χ1n) is 6.29. The Labute approximate surface area is 110 Å². The molecule has 0 radical (unpaired) electrons. The standard InChI is InChI=1S/C6H17O3P.C4H13O3P/c1-3-5-10(7,8,9)6-4-2;1-3-8(5,6,7)4-2/h7-9H,3-6H2,1-2H3;5-7H,3-4H2,1-2H3. The quantitative estimate of drug-likeness (QED) is 0.412. The Morgan fingerprint density at radius 2 is 0.833 bits per heavy atom. The van der Waals surface area contributed by atoms with Crippen molar-refractivity contribution in [2.45, 2.75) is 40.5 Å². The van der Waals surface area contributed by atoms with Gasteiger partial charge in [-0.3, -0.25) is 0 Å². The molecule has 0 aliphatic carbocycles. The molecule has 0 heterocycles. The van der Waals surface area contributed by atoms with Gasteiger partial charge in [-0.25, -0.2) is 0 Å². The van der Waals surface area contributed by atoms with E-state index in [-0.39, 0.29) is 24.6 Å². The van der Waals surface area contributed by atoms with Crippen LogP contribution in [0.2, 0.25) is 0 Å². The zero-order chi connectivity index (χ0) is 15.1. The van der Waals surface area contributed by atoms with Gasteiger partial charge in [0.05, 0.1) is 0 Å². The monoisotopic (exact) mass is 308 g/mol. The van der Waals surface area contributed by atoms with Crippen LogP contribution in [-0.4, -0.2) is 54.0 Å². The summed E-state index contributed by atoms with van der Waals surface area (Å²) in [4.78, 5) is 54.2. The fourth-order valence-electron chi connectivity index (χ4n) is 1.25. The molecule has 0 rings (SSSR count). The van der Waals surface area contributed by atoms with E-state index in [4.69, 9.17) is 14.7 Å². The van der Waals surface area contributed by atoms with Crippen LogP contribution in [0.4, 0.5) is 0 Å². The van der Waals surface area contributed by atoms with Crippen LogP contribution >= 0.6 is 14.6 Å². The van der Waals surface area contributed by atoms with Gasteiger partial charge in [0, 0.05) is 0 Å². The predicted octanol–water partition coefficient (Wildman–Crippen LogP) is 1.38. The second kappa shape index (κ2) is 6.87. The zero-order valence-corrected chi connectivity index (χ0v) is 13.6. The molecule has 116 valence electrons. The number of hydrogen-bond acceptors (Lipinski definition) is 6. The van der Waals surface area contributed by atoms with Crippen molar-refractivity contribution in [3.8, 4) is 0 Å².